The Labute approximate surface area is 176 Å². The molecular formula is C17H19Cl2N7O3. The smallest absolute Gasteiger partial charge is 0.356 e. The van der Waals surface area contributed by atoms with E-state index in [1.807, 2.05) is 6.92 Å². The van der Waals surface area contributed by atoms with Crippen LogP contribution in [0.15, 0.2) is 40.7 Å². The van der Waals surface area contributed by atoms with Gasteiger partial charge in [0.25, 0.3) is 0 Å². The van der Waals surface area contributed by atoms with Crippen LogP contribution in [0.2, 0.25) is 5.15 Å². The van der Waals surface area contributed by atoms with Crippen molar-refractivity contribution in [2.45, 2.75) is 6.92 Å². The third-order valence-electron chi connectivity index (χ3n) is 3.47. The van der Waals surface area contributed by atoms with E-state index < -0.39 is 5.97 Å². The van der Waals surface area contributed by atoms with E-state index in [1.54, 1.807) is 22.7 Å². The molecule has 5 N–H and O–H groups in total. The first kappa shape index (κ1) is 22.2. The monoisotopic (exact) mass is 439 g/mol. The van der Waals surface area contributed by atoms with Gasteiger partial charge in [0.1, 0.15) is 5.17 Å². The van der Waals surface area contributed by atoms with Crippen molar-refractivity contribution in [3.8, 4) is 0 Å². The van der Waals surface area contributed by atoms with Gasteiger partial charge in [0.15, 0.2) is 16.5 Å². The molecule has 0 atom stereocenters. The number of nitrogens with one attached hydrogen (secondary N) is 1. The fourth-order valence-electron chi connectivity index (χ4n) is 2.18. The molecule has 4 rings (SSSR count). The topological polar surface area (TPSA) is 150 Å². The fourth-order valence-corrected chi connectivity index (χ4v) is 2.55. The summed E-state index contributed by atoms with van der Waals surface area (Å²) >= 11 is 11.1. The molecule has 0 bridgehead atoms. The minimum absolute atomic E-state index is 0.0856. The zero-order valence-corrected chi connectivity index (χ0v) is 17.2. The van der Waals surface area contributed by atoms with Crippen LogP contribution in [0.25, 0.3) is 5.65 Å². The van der Waals surface area contributed by atoms with Gasteiger partial charge in [0.05, 0.1) is 20.2 Å². The Balaban J connectivity index is 0.000000178. The van der Waals surface area contributed by atoms with E-state index >= 15 is 0 Å². The van der Waals surface area contributed by atoms with Crippen LogP contribution in [0.4, 0.5) is 0 Å². The van der Waals surface area contributed by atoms with Gasteiger partial charge in [-0.2, -0.15) is 5.10 Å². The van der Waals surface area contributed by atoms with Gasteiger partial charge in [0, 0.05) is 29.2 Å². The van der Waals surface area contributed by atoms with Crippen LogP contribution in [-0.4, -0.2) is 51.8 Å². The second-order valence-electron chi connectivity index (χ2n) is 5.81. The highest BCUT2D eigenvalue weighted by Crippen LogP contribution is 2.13. The third-order valence-corrected chi connectivity index (χ3v) is 3.88. The van der Waals surface area contributed by atoms with E-state index in [1.165, 1.54) is 13.2 Å². The molecular weight excluding hydrogens is 421 g/mol. The number of hydrogen-bond acceptors (Lipinski definition) is 8. The van der Waals surface area contributed by atoms with Crippen LogP contribution < -0.4 is 16.8 Å². The van der Waals surface area contributed by atoms with Crippen LogP contribution in [0.3, 0.4) is 0 Å². The molecule has 0 aliphatic carbocycles. The van der Waals surface area contributed by atoms with Gasteiger partial charge >= 0.3 is 5.97 Å². The molecule has 0 unspecified atom stereocenters. The van der Waals surface area contributed by atoms with Crippen LogP contribution in [0, 0.1) is 6.92 Å². The van der Waals surface area contributed by atoms with E-state index in [2.05, 4.69) is 25.1 Å². The van der Waals surface area contributed by atoms with Crippen molar-refractivity contribution in [2.75, 3.05) is 20.2 Å². The molecule has 0 aromatic carbocycles. The van der Waals surface area contributed by atoms with E-state index in [9.17, 15) is 9.59 Å². The van der Waals surface area contributed by atoms with Crippen molar-refractivity contribution in [1.82, 2.24) is 19.9 Å². The Morgan fingerprint density at radius 2 is 1.97 bits per heavy atom. The fraction of sp³-hybridized carbons (Fsp3) is 0.235. The average molecular weight is 440 g/mol. The molecule has 10 nitrogen and oxygen atoms in total. The highest BCUT2D eigenvalue weighted by molar-refractivity contribution is 6.68. The van der Waals surface area contributed by atoms with Crippen molar-refractivity contribution in [3.63, 3.8) is 0 Å². The number of esters is 1. The molecule has 154 valence electrons. The first-order valence-corrected chi connectivity index (χ1v) is 8.96. The molecule has 2 aliphatic rings. The number of fused-ring (bicyclic) bond motifs is 1. The summed E-state index contributed by atoms with van der Waals surface area (Å²) in [4.78, 5) is 29.3. The number of allylic oxidation sites excluding steroid dienone is 1. The second kappa shape index (κ2) is 9.89. The maximum Gasteiger partial charge on any atom is 0.356 e. The molecule has 2 aromatic rings. The van der Waals surface area contributed by atoms with Gasteiger partial charge in [0.2, 0.25) is 5.91 Å². The van der Waals surface area contributed by atoms with Gasteiger partial charge in [-0.3, -0.25) is 9.79 Å². The maximum absolute atomic E-state index is 11.3. The lowest BCUT2D eigenvalue weighted by Crippen LogP contribution is -2.16. The number of nitrogens with two attached hydrogens (primary N) is 2. The summed E-state index contributed by atoms with van der Waals surface area (Å²) in [5, 5.41) is 7.37. The van der Waals surface area contributed by atoms with Gasteiger partial charge < -0.3 is 21.5 Å². The number of aryl methyl sites for hydroxylation is 1. The summed E-state index contributed by atoms with van der Waals surface area (Å²) in [7, 11) is 1.31. The number of rotatable bonds is 1. The third kappa shape index (κ3) is 6.47. The van der Waals surface area contributed by atoms with Crippen LogP contribution in [0.1, 0.15) is 16.2 Å². The number of halogens is 2. The summed E-state index contributed by atoms with van der Waals surface area (Å²) in [5.41, 5.74) is 13.4. The number of aliphatic imine (C=N–C) groups is 1. The summed E-state index contributed by atoms with van der Waals surface area (Å²) in [6, 6.07) is 3.18. The standard InChI is InChI=1S/C9H8ClN3O2.C4H5ClN2.C4H6N2O/c1-5-3-6(9(14)15-2)11-8-4-7(10)12-13(5)8;5-4-1-3(6)2-7-4;5-3-1-4(7)6-2-3/h3-4H,1-2H3;1H,2,6H2;1H,2,5H2,(H,6,7). The predicted molar refractivity (Wildman–Crippen MR) is 110 cm³/mol. The summed E-state index contributed by atoms with van der Waals surface area (Å²) in [6.45, 7) is 2.89. The Kier molecular flexibility index (Phi) is 7.57. The van der Waals surface area contributed by atoms with Crippen molar-refractivity contribution >= 4 is 45.9 Å². The Morgan fingerprint density at radius 3 is 2.38 bits per heavy atom. The zero-order valence-electron chi connectivity index (χ0n) is 15.6. The number of hydrogen-bond donors (Lipinski definition) is 3. The lowest BCUT2D eigenvalue weighted by Gasteiger charge is -2.01. The Hall–Kier alpha value is -3.11. The van der Waals surface area contributed by atoms with Crippen LogP contribution >= 0.6 is 23.2 Å². The number of carbonyl (C=O) groups excluding carboxylic acids is 2. The second-order valence-corrected chi connectivity index (χ2v) is 6.58. The predicted octanol–water partition coefficient (Wildman–Crippen LogP) is 0.916. The summed E-state index contributed by atoms with van der Waals surface area (Å²) < 4.78 is 6.15. The minimum Gasteiger partial charge on any atom is -0.464 e. The van der Waals surface area contributed by atoms with E-state index in [0.29, 0.717) is 34.8 Å². The minimum atomic E-state index is -0.474. The molecule has 0 radical (unpaired) electrons. The zero-order chi connectivity index (χ0) is 21.6. The number of methoxy groups -OCH3 is 1. The molecule has 0 fully saturated rings. The van der Waals surface area contributed by atoms with E-state index in [-0.39, 0.29) is 11.6 Å². The molecule has 29 heavy (non-hydrogen) atoms. The number of aromatic nitrogens is 3. The highest BCUT2D eigenvalue weighted by atomic mass is 35.5. The van der Waals surface area contributed by atoms with Gasteiger partial charge in [-0.1, -0.05) is 23.2 Å². The van der Waals surface area contributed by atoms with Crippen LogP contribution in [-0.2, 0) is 9.53 Å². The van der Waals surface area contributed by atoms with E-state index in [0.717, 1.165) is 11.4 Å². The number of amides is 1. The Morgan fingerprint density at radius 1 is 1.24 bits per heavy atom. The molecule has 0 spiro atoms. The first-order valence-electron chi connectivity index (χ1n) is 8.20. The lowest BCUT2D eigenvalue weighted by molar-refractivity contribution is -0.115. The molecule has 4 heterocycles. The quantitative estimate of drug-likeness (QED) is 0.558. The Bertz CT molecular complexity index is 1030. The van der Waals surface area contributed by atoms with Gasteiger partial charge in [-0.15, -0.1) is 0 Å². The highest BCUT2D eigenvalue weighted by Gasteiger charge is 2.11. The number of nitrogens with zero attached hydrogens (tertiary/aromatic N) is 4. The van der Waals surface area contributed by atoms with E-state index in [4.69, 9.17) is 34.7 Å². The van der Waals surface area contributed by atoms with Crippen molar-refractivity contribution in [1.29, 1.82) is 0 Å². The first-order chi connectivity index (χ1) is 13.7. The molecule has 1 amide bonds. The molecule has 12 heteroatoms. The number of carbonyl (C=O) groups is 2. The molecule has 0 saturated carbocycles. The van der Waals surface area contributed by atoms with Gasteiger partial charge in [-0.25, -0.2) is 14.3 Å². The van der Waals surface area contributed by atoms with Crippen LogP contribution in [0.5, 0.6) is 0 Å². The van der Waals surface area contributed by atoms with Crippen molar-refractivity contribution in [3.05, 3.63) is 52.2 Å². The van der Waals surface area contributed by atoms with Crippen molar-refractivity contribution < 1.29 is 14.3 Å². The number of ether oxygens (including phenoxy) is 1. The lowest BCUT2D eigenvalue weighted by atomic mass is 10.3. The van der Waals surface area contributed by atoms with Crippen molar-refractivity contribution in [2.24, 2.45) is 16.5 Å². The molecule has 2 aromatic heterocycles. The largest absolute Gasteiger partial charge is 0.464 e. The van der Waals surface area contributed by atoms with Gasteiger partial charge in [-0.05, 0) is 19.1 Å². The normalized spacial score (nSPS) is 14.6. The maximum atomic E-state index is 11.3. The summed E-state index contributed by atoms with van der Waals surface area (Å²) in [6.07, 6.45) is 3.04. The summed E-state index contributed by atoms with van der Waals surface area (Å²) in [5.74, 6) is -0.560. The SMILES string of the molecule is COC(=O)c1cc(C)n2nc(Cl)cc2n1.NC1=CC(=O)NC1.NC1=CC(Cl)=NC1. The molecule has 0 saturated heterocycles. The molecule has 2 aliphatic heterocycles. The average Bonchev–Trinajstić information content (AvgIpc) is 3.35.